The van der Waals surface area contributed by atoms with E-state index in [2.05, 4.69) is 15.3 Å². The minimum atomic E-state index is -0.978. The zero-order chi connectivity index (χ0) is 13.9. The van der Waals surface area contributed by atoms with Gasteiger partial charge in [-0.3, -0.25) is 0 Å². The van der Waals surface area contributed by atoms with Crippen LogP contribution in [0.1, 0.15) is 10.5 Å². The Kier molecular flexibility index (Phi) is 3.22. The Balaban J connectivity index is 1.81. The molecule has 0 bridgehead atoms. The summed E-state index contributed by atoms with van der Waals surface area (Å²) >= 11 is 1.47. The van der Waals surface area contributed by atoms with Crippen LogP contribution in [0.3, 0.4) is 0 Å². The largest absolute Gasteiger partial charge is 0.477 e. The number of para-hydroxylation sites is 1. The Morgan fingerprint density at radius 2 is 2.10 bits per heavy atom. The fraction of sp³-hybridized carbons (Fsp3) is 0. The molecule has 0 saturated carbocycles. The number of thiazole rings is 1. The number of hydrogen-bond donors (Lipinski definition) is 3. The number of aromatic amines is 1. The number of aromatic carboxylic acids is 1. The van der Waals surface area contributed by atoms with Crippen LogP contribution in [-0.2, 0) is 0 Å². The van der Waals surface area contributed by atoms with Crippen molar-refractivity contribution in [2.75, 3.05) is 5.32 Å². The summed E-state index contributed by atoms with van der Waals surface area (Å²) in [6, 6.07) is 11.3. The van der Waals surface area contributed by atoms with Gasteiger partial charge in [-0.2, -0.15) is 0 Å². The van der Waals surface area contributed by atoms with Crippen molar-refractivity contribution in [3.63, 3.8) is 0 Å². The molecule has 0 amide bonds. The number of carboxylic acid groups (broad SMARTS) is 1. The molecular weight excluding hydrogens is 274 g/mol. The molecule has 2 aromatic heterocycles. The first kappa shape index (κ1) is 12.4. The van der Waals surface area contributed by atoms with E-state index >= 15 is 0 Å². The Morgan fingerprint density at radius 1 is 1.30 bits per heavy atom. The van der Waals surface area contributed by atoms with E-state index in [1.165, 1.54) is 11.3 Å². The average molecular weight is 285 g/mol. The van der Waals surface area contributed by atoms with E-state index in [1.807, 2.05) is 35.7 Å². The monoisotopic (exact) mass is 285 g/mol. The van der Waals surface area contributed by atoms with E-state index in [4.69, 9.17) is 5.11 Å². The minimum absolute atomic E-state index is 0.158. The molecule has 0 aliphatic carbocycles. The van der Waals surface area contributed by atoms with Crippen LogP contribution in [-0.4, -0.2) is 21.0 Å². The second kappa shape index (κ2) is 5.18. The van der Waals surface area contributed by atoms with E-state index in [1.54, 1.807) is 12.3 Å². The zero-order valence-electron chi connectivity index (χ0n) is 10.3. The minimum Gasteiger partial charge on any atom is -0.477 e. The highest BCUT2D eigenvalue weighted by Gasteiger charge is 2.10. The van der Waals surface area contributed by atoms with Crippen molar-refractivity contribution in [2.24, 2.45) is 0 Å². The predicted octanol–water partition coefficient (Wildman–Crippen LogP) is 3.58. The molecular formula is C14H11N3O2S. The SMILES string of the molecule is O=C(O)c1cc(-c2csc(Nc3ccccc3)n2)c[nH]1. The van der Waals surface area contributed by atoms with Crippen LogP contribution in [0.5, 0.6) is 0 Å². The molecule has 0 fully saturated rings. The van der Waals surface area contributed by atoms with Crippen LogP contribution < -0.4 is 5.32 Å². The maximum Gasteiger partial charge on any atom is 0.352 e. The van der Waals surface area contributed by atoms with Crippen LogP contribution in [0.4, 0.5) is 10.8 Å². The third-order valence-electron chi connectivity index (χ3n) is 2.74. The Hall–Kier alpha value is -2.60. The number of aromatic nitrogens is 2. The molecule has 0 radical (unpaired) electrons. The van der Waals surface area contributed by atoms with Gasteiger partial charge in [-0.1, -0.05) is 18.2 Å². The molecule has 3 N–H and O–H groups in total. The average Bonchev–Trinajstić information content (AvgIpc) is 3.08. The van der Waals surface area contributed by atoms with Gasteiger partial charge in [-0.25, -0.2) is 9.78 Å². The number of anilines is 2. The summed E-state index contributed by atoms with van der Waals surface area (Å²) in [6.45, 7) is 0. The summed E-state index contributed by atoms with van der Waals surface area (Å²) in [7, 11) is 0. The number of nitrogens with one attached hydrogen (secondary N) is 2. The van der Waals surface area contributed by atoms with Gasteiger partial charge in [-0.05, 0) is 18.2 Å². The molecule has 1 aromatic carbocycles. The Morgan fingerprint density at radius 3 is 2.80 bits per heavy atom. The fourth-order valence-corrected chi connectivity index (χ4v) is 2.51. The first-order valence-electron chi connectivity index (χ1n) is 5.92. The van der Waals surface area contributed by atoms with Gasteiger partial charge in [0.2, 0.25) is 0 Å². The molecule has 0 spiro atoms. The van der Waals surface area contributed by atoms with E-state index in [0.717, 1.165) is 22.1 Å². The van der Waals surface area contributed by atoms with Crippen molar-refractivity contribution in [1.29, 1.82) is 0 Å². The topological polar surface area (TPSA) is 78.0 Å². The summed E-state index contributed by atoms with van der Waals surface area (Å²) in [6.07, 6.45) is 1.64. The number of carbonyl (C=O) groups is 1. The molecule has 2 heterocycles. The highest BCUT2D eigenvalue weighted by atomic mass is 32.1. The highest BCUT2D eigenvalue weighted by Crippen LogP contribution is 2.27. The third-order valence-corrected chi connectivity index (χ3v) is 3.50. The van der Waals surface area contributed by atoms with Gasteiger partial charge in [0, 0.05) is 22.8 Å². The van der Waals surface area contributed by atoms with E-state index in [0.29, 0.717) is 0 Å². The predicted molar refractivity (Wildman–Crippen MR) is 78.6 cm³/mol. The summed E-state index contributed by atoms with van der Waals surface area (Å²) in [5.74, 6) is -0.978. The van der Waals surface area contributed by atoms with Crippen LogP contribution >= 0.6 is 11.3 Å². The number of carboxylic acids is 1. The van der Waals surface area contributed by atoms with Gasteiger partial charge in [0.25, 0.3) is 0 Å². The van der Waals surface area contributed by atoms with Crippen molar-refractivity contribution < 1.29 is 9.90 Å². The van der Waals surface area contributed by atoms with Gasteiger partial charge in [0.1, 0.15) is 5.69 Å². The normalized spacial score (nSPS) is 10.4. The van der Waals surface area contributed by atoms with E-state index < -0.39 is 5.97 Å². The van der Waals surface area contributed by atoms with Gasteiger partial charge < -0.3 is 15.4 Å². The summed E-state index contributed by atoms with van der Waals surface area (Å²) in [5.41, 5.74) is 2.64. The second-order valence-corrected chi connectivity index (χ2v) is 4.99. The lowest BCUT2D eigenvalue weighted by atomic mass is 10.2. The van der Waals surface area contributed by atoms with Crippen LogP contribution in [0.25, 0.3) is 11.3 Å². The summed E-state index contributed by atoms with van der Waals surface area (Å²) < 4.78 is 0. The Bertz CT molecular complexity index is 734. The van der Waals surface area contributed by atoms with Crippen molar-refractivity contribution >= 4 is 28.1 Å². The summed E-state index contributed by atoms with van der Waals surface area (Å²) in [4.78, 5) is 18.0. The third kappa shape index (κ3) is 2.55. The molecule has 0 aliphatic rings. The van der Waals surface area contributed by atoms with Crippen molar-refractivity contribution in [1.82, 2.24) is 9.97 Å². The van der Waals surface area contributed by atoms with Crippen molar-refractivity contribution in [3.8, 4) is 11.3 Å². The lowest BCUT2D eigenvalue weighted by Gasteiger charge is -2.00. The van der Waals surface area contributed by atoms with Gasteiger partial charge in [0.05, 0.1) is 5.69 Å². The molecule has 0 atom stereocenters. The molecule has 5 nitrogen and oxygen atoms in total. The maximum absolute atomic E-state index is 10.8. The van der Waals surface area contributed by atoms with Crippen LogP contribution in [0.2, 0.25) is 0 Å². The second-order valence-electron chi connectivity index (χ2n) is 4.14. The van der Waals surface area contributed by atoms with E-state index in [9.17, 15) is 4.79 Å². The van der Waals surface area contributed by atoms with Crippen molar-refractivity contribution in [2.45, 2.75) is 0 Å². The first-order valence-corrected chi connectivity index (χ1v) is 6.80. The molecule has 3 rings (SSSR count). The van der Waals surface area contributed by atoms with Crippen LogP contribution in [0, 0.1) is 0 Å². The molecule has 20 heavy (non-hydrogen) atoms. The van der Waals surface area contributed by atoms with E-state index in [-0.39, 0.29) is 5.69 Å². The van der Waals surface area contributed by atoms with Gasteiger partial charge in [-0.15, -0.1) is 11.3 Å². The zero-order valence-corrected chi connectivity index (χ0v) is 11.1. The highest BCUT2D eigenvalue weighted by molar-refractivity contribution is 7.14. The van der Waals surface area contributed by atoms with Crippen molar-refractivity contribution in [3.05, 3.63) is 53.7 Å². The number of H-pyrrole nitrogens is 1. The molecule has 3 aromatic rings. The van der Waals surface area contributed by atoms with Crippen LogP contribution in [0.15, 0.2) is 48.0 Å². The number of rotatable bonds is 4. The van der Waals surface area contributed by atoms with Gasteiger partial charge >= 0.3 is 5.97 Å². The number of hydrogen-bond acceptors (Lipinski definition) is 4. The lowest BCUT2D eigenvalue weighted by molar-refractivity contribution is 0.0691. The Labute approximate surface area is 118 Å². The molecule has 0 aliphatic heterocycles. The van der Waals surface area contributed by atoms with Gasteiger partial charge in [0.15, 0.2) is 5.13 Å². The number of nitrogens with zero attached hydrogens (tertiary/aromatic N) is 1. The maximum atomic E-state index is 10.8. The molecule has 100 valence electrons. The summed E-state index contributed by atoms with van der Waals surface area (Å²) in [5, 5.41) is 14.7. The molecule has 0 unspecified atom stereocenters. The quantitative estimate of drug-likeness (QED) is 0.684. The molecule has 6 heteroatoms. The molecule has 0 saturated heterocycles. The first-order chi connectivity index (χ1) is 9.72. The fourth-order valence-electron chi connectivity index (χ4n) is 1.77. The lowest BCUT2D eigenvalue weighted by Crippen LogP contribution is -1.94. The smallest absolute Gasteiger partial charge is 0.352 e. The standard InChI is InChI=1S/C14H11N3O2S/c18-13(19)11-6-9(7-15-11)12-8-20-14(17-12)16-10-4-2-1-3-5-10/h1-8,15H,(H,16,17)(H,18,19). The number of benzene rings is 1.